The minimum absolute atomic E-state index is 0.00328. The third kappa shape index (κ3) is 55.3. The molecule has 8 nitrogen and oxygen atoms in total. The largest absolute Gasteiger partial charge is 0.756 e. The van der Waals surface area contributed by atoms with E-state index in [0.717, 1.165) is 77.0 Å². The number of quaternary nitrogens is 1. The Morgan fingerprint density at radius 3 is 1.25 bits per heavy atom. The standard InChI is InChI=1S/C62H113N2O6P/c1-6-8-10-12-14-16-18-20-22-24-25-26-27-28-29-30-31-32-33-34-35-36-37-38-39-40-42-44-46-48-50-52-54-56-62(66)63-60(59-70-71(67,68)69-58-57-64(3,4)5)61(65)55-53-51-49-47-45-43-41-23-21-19-17-15-13-11-9-7-2/h8,10,14,16,20,22,25-26,28-29,31-32,53,55,60-61,65H,6-7,9,11-13,15,17-19,21,23-24,27,30,33-52,54,56-59H2,1-5H3,(H-,63,66,67,68)/b10-8-,16-14-,22-20-,26-25-,29-28-,32-31-,55-53+. The number of carbonyl (C=O) groups excluding carboxylic acids is 1. The van der Waals surface area contributed by atoms with Crippen molar-refractivity contribution < 1.29 is 32.9 Å². The maximum absolute atomic E-state index is 13.0. The summed E-state index contributed by atoms with van der Waals surface area (Å²) in [7, 11) is 1.26. The molecule has 412 valence electrons. The van der Waals surface area contributed by atoms with Crippen LogP contribution in [-0.2, 0) is 18.4 Å². The van der Waals surface area contributed by atoms with Gasteiger partial charge < -0.3 is 28.8 Å². The minimum atomic E-state index is -4.60. The number of nitrogens with one attached hydrogen (secondary N) is 1. The normalized spacial score (nSPS) is 14.5. The molecule has 2 N–H and O–H groups in total. The number of likely N-dealkylation sites (N-methyl/N-ethyl adjacent to an activating group) is 1. The van der Waals surface area contributed by atoms with Crippen LogP contribution in [0.3, 0.4) is 0 Å². The first-order valence-electron chi connectivity index (χ1n) is 29.4. The fourth-order valence-corrected chi connectivity index (χ4v) is 9.00. The number of amides is 1. The molecule has 1 amide bonds. The molecule has 71 heavy (non-hydrogen) atoms. The SMILES string of the molecule is CC/C=C\C/C=C\C/C=C\C/C=C\C/C=C\C/C=C\CCCCCCCCCCCCCCCCC(=O)NC(COP(=O)([O-])OCC[N+](C)(C)C)C(O)/C=C/CCCCCCCCCCCCCCCC. The van der Waals surface area contributed by atoms with Crippen molar-refractivity contribution >= 4 is 13.7 Å². The van der Waals surface area contributed by atoms with E-state index in [1.54, 1.807) is 6.08 Å². The van der Waals surface area contributed by atoms with Crippen LogP contribution in [0.4, 0.5) is 0 Å². The zero-order chi connectivity index (χ0) is 52.0. The number of phosphoric ester groups is 1. The Kier molecular flexibility index (Phi) is 50.8. The number of aliphatic hydroxyl groups excluding tert-OH is 1. The quantitative estimate of drug-likeness (QED) is 0.0272. The molecule has 0 aliphatic rings. The number of aliphatic hydroxyl groups is 1. The predicted molar refractivity (Wildman–Crippen MR) is 307 cm³/mol. The fraction of sp³-hybridized carbons (Fsp3) is 0.758. The highest BCUT2D eigenvalue weighted by Gasteiger charge is 2.23. The molecule has 0 heterocycles. The molecular weight excluding hydrogens is 900 g/mol. The van der Waals surface area contributed by atoms with Gasteiger partial charge in [-0.25, -0.2) is 0 Å². The summed E-state index contributed by atoms with van der Waals surface area (Å²) in [5.74, 6) is -0.199. The molecule has 0 saturated heterocycles. The van der Waals surface area contributed by atoms with Crippen LogP contribution < -0.4 is 10.2 Å². The van der Waals surface area contributed by atoms with Crippen molar-refractivity contribution in [1.29, 1.82) is 0 Å². The van der Waals surface area contributed by atoms with Crippen LogP contribution in [0.2, 0.25) is 0 Å². The van der Waals surface area contributed by atoms with Gasteiger partial charge in [-0.3, -0.25) is 9.36 Å². The lowest BCUT2D eigenvalue weighted by Crippen LogP contribution is -2.45. The Morgan fingerprint density at radius 1 is 0.507 bits per heavy atom. The lowest BCUT2D eigenvalue weighted by Gasteiger charge is -2.29. The second-order valence-corrected chi connectivity index (χ2v) is 22.4. The Hall–Kier alpha value is -2.32. The van der Waals surface area contributed by atoms with E-state index in [4.69, 9.17) is 9.05 Å². The summed E-state index contributed by atoms with van der Waals surface area (Å²) in [6.45, 7) is 4.54. The molecule has 0 fully saturated rings. The summed E-state index contributed by atoms with van der Waals surface area (Å²) in [6.07, 6.45) is 73.7. The average molecular weight is 1010 g/mol. The van der Waals surface area contributed by atoms with E-state index in [2.05, 4.69) is 92.1 Å². The van der Waals surface area contributed by atoms with Gasteiger partial charge in [0, 0.05) is 6.42 Å². The van der Waals surface area contributed by atoms with Gasteiger partial charge in [0.15, 0.2) is 0 Å². The monoisotopic (exact) mass is 1010 g/mol. The van der Waals surface area contributed by atoms with E-state index < -0.39 is 20.0 Å². The van der Waals surface area contributed by atoms with Gasteiger partial charge in [0.1, 0.15) is 13.2 Å². The lowest BCUT2D eigenvalue weighted by molar-refractivity contribution is -0.870. The Balaban J connectivity index is 4.12. The number of nitrogens with zero attached hydrogens (tertiary/aromatic N) is 1. The second kappa shape index (κ2) is 52.5. The summed E-state index contributed by atoms with van der Waals surface area (Å²) in [6, 6.07) is -0.890. The van der Waals surface area contributed by atoms with Gasteiger partial charge in [0.25, 0.3) is 7.82 Å². The molecular formula is C62H113N2O6P. The van der Waals surface area contributed by atoms with E-state index in [1.807, 2.05) is 27.2 Å². The maximum atomic E-state index is 13.0. The van der Waals surface area contributed by atoms with E-state index in [1.165, 1.54) is 154 Å². The minimum Gasteiger partial charge on any atom is -0.756 e. The van der Waals surface area contributed by atoms with E-state index in [9.17, 15) is 19.4 Å². The van der Waals surface area contributed by atoms with Gasteiger partial charge >= 0.3 is 0 Å². The van der Waals surface area contributed by atoms with Crippen molar-refractivity contribution in [2.45, 2.75) is 264 Å². The average Bonchev–Trinajstić information content (AvgIpc) is 3.33. The first kappa shape index (κ1) is 68.7. The van der Waals surface area contributed by atoms with E-state index in [0.29, 0.717) is 17.4 Å². The van der Waals surface area contributed by atoms with Crippen molar-refractivity contribution in [3.05, 3.63) is 85.1 Å². The summed E-state index contributed by atoms with van der Waals surface area (Å²) >= 11 is 0. The number of allylic oxidation sites excluding steroid dienone is 13. The molecule has 3 atom stereocenters. The van der Waals surface area contributed by atoms with Crippen LogP contribution in [-0.4, -0.2) is 68.5 Å². The molecule has 3 unspecified atom stereocenters. The smallest absolute Gasteiger partial charge is 0.268 e. The fourth-order valence-electron chi connectivity index (χ4n) is 8.28. The summed E-state index contributed by atoms with van der Waals surface area (Å²) in [4.78, 5) is 25.5. The van der Waals surface area contributed by atoms with Crippen molar-refractivity contribution in [3.8, 4) is 0 Å². The summed E-state index contributed by atoms with van der Waals surface area (Å²) in [5.41, 5.74) is 0. The Morgan fingerprint density at radius 2 is 0.859 bits per heavy atom. The molecule has 0 aliphatic heterocycles. The number of carbonyl (C=O) groups is 1. The third-order valence-electron chi connectivity index (χ3n) is 12.9. The molecule has 0 bridgehead atoms. The highest BCUT2D eigenvalue weighted by atomic mass is 31.2. The van der Waals surface area contributed by atoms with Crippen LogP contribution in [0, 0.1) is 0 Å². The van der Waals surface area contributed by atoms with Gasteiger partial charge in [-0.2, -0.15) is 0 Å². The van der Waals surface area contributed by atoms with E-state index >= 15 is 0 Å². The molecule has 0 radical (unpaired) electrons. The van der Waals surface area contributed by atoms with Crippen LogP contribution in [0.1, 0.15) is 251 Å². The zero-order valence-corrected chi connectivity index (χ0v) is 47.8. The van der Waals surface area contributed by atoms with Gasteiger partial charge in [0.05, 0.1) is 39.9 Å². The van der Waals surface area contributed by atoms with Gasteiger partial charge in [-0.15, -0.1) is 0 Å². The van der Waals surface area contributed by atoms with Gasteiger partial charge in [-0.1, -0.05) is 259 Å². The van der Waals surface area contributed by atoms with Crippen molar-refractivity contribution in [2.24, 2.45) is 0 Å². The number of hydrogen-bond acceptors (Lipinski definition) is 6. The molecule has 0 spiro atoms. The number of hydrogen-bond donors (Lipinski definition) is 2. The molecule has 0 rings (SSSR count). The Labute approximate surface area is 439 Å². The first-order chi connectivity index (χ1) is 34.5. The molecule has 0 aromatic rings. The van der Waals surface area contributed by atoms with Crippen LogP contribution in [0.25, 0.3) is 0 Å². The maximum Gasteiger partial charge on any atom is 0.268 e. The number of unbranched alkanes of at least 4 members (excludes halogenated alkanes) is 28. The van der Waals surface area contributed by atoms with Crippen LogP contribution in [0.15, 0.2) is 85.1 Å². The molecule has 9 heteroatoms. The van der Waals surface area contributed by atoms with Gasteiger partial charge in [0.2, 0.25) is 5.91 Å². The first-order valence-corrected chi connectivity index (χ1v) is 30.9. The number of rotatable bonds is 53. The predicted octanol–water partition coefficient (Wildman–Crippen LogP) is 17.4. The van der Waals surface area contributed by atoms with E-state index in [-0.39, 0.29) is 19.1 Å². The van der Waals surface area contributed by atoms with Crippen molar-refractivity contribution in [1.82, 2.24) is 5.32 Å². The highest BCUT2D eigenvalue weighted by molar-refractivity contribution is 7.45. The topological polar surface area (TPSA) is 108 Å². The lowest BCUT2D eigenvalue weighted by atomic mass is 10.0. The molecule has 0 aliphatic carbocycles. The van der Waals surface area contributed by atoms with Crippen molar-refractivity contribution in [2.75, 3.05) is 40.9 Å². The Bertz CT molecular complexity index is 1430. The third-order valence-corrected chi connectivity index (χ3v) is 13.8. The zero-order valence-electron chi connectivity index (χ0n) is 46.9. The van der Waals surface area contributed by atoms with Gasteiger partial charge in [-0.05, 0) is 70.6 Å². The molecule has 0 aromatic carbocycles. The molecule has 0 aromatic heterocycles. The van der Waals surface area contributed by atoms with Crippen LogP contribution in [0.5, 0.6) is 0 Å². The van der Waals surface area contributed by atoms with Crippen molar-refractivity contribution in [3.63, 3.8) is 0 Å². The summed E-state index contributed by atoms with van der Waals surface area (Å²) < 4.78 is 23.3. The highest BCUT2D eigenvalue weighted by Crippen LogP contribution is 2.38. The van der Waals surface area contributed by atoms with Crippen LogP contribution >= 0.6 is 7.82 Å². The summed E-state index contributed by atoms with van der Waals surface area (Å²) in [5, 5.41) is 13.9. The number of phosphoric acid groups is 1. The molecule has 0 saturated carbocycles. The second-order valence-electron chi connectivity index (χ2n) is 21.0.